The summed E-state index contributed by atoms with van der Waals surface area (Å²) in [6, 6.07) is 16.1. The summed E-state index contributed by atoms with van der Waals surface area (Å²) in [7, 11) is 0. The van der Waals surface area contributed by atoms with Crippen molar-refractivity contribution in [2.45, 2.75) is 65.7 Å². The maximum absolute atomic E-state index is 12.8. The Hall–Kier alpha value is -2.27. The van der Waals surface area contributed by atoms with Crippen LogP contribution in [0, 0.1) is 11.3 Å². The molecule has 32 heavy (non-hydrogen) atoms. The van der Waals surface area contributed by atoms with E-state index in [9.17, 15) is 9.59 Å². The average Bonchev–Trinajstić information content (AvgIpc) is 3.08. The molecule has 1 fully saturated rings. The van der Waals surface area contributed by atoms with E-state index in [1.807, 2.05) is 47.4 Å². The standard InChI is InChI=1S/C27H36N2O2S/c1-6-10-20-11-7-8-14-23(20)29-25(31)18-32-26(29)21-12-9-13-22(16-21)28-24(30)15-19(2)17-27(3,4)5/h7-9,11-14,16,19,26H,6,10,15,17-18H2,1-5H3,(H,28,30)/t19-,26-/m1/s1. The first-order valence-electron chi connectivity index (χ1n) is 11.6. The van der Waals surface area contributed by atoms with Crippen molar-refractivity contribution < 1.29 is 9.59 Å². The first kappa shape index (κ1) is 24.4. The van der Waals surface area contributed by atoms with Crippen LogP contribution in [0.15, 0.2) is 48.5 Å². The quantitative estimate of drug-likeness (QED) is 0.478. The minimum atomic E-state index is -0.0860. The van der Waals surface area contributed by atoms with E-state index < -0.39 is 0 Å². The van der Waals surface area contributed by atoms with E-state index >= 15 is 0 Å². The lowest BCUT2D eigenvalue weighted by molar-refractivity contribution is -0.117. The summed E-state index contributed by atoms with van der Waals surface area (Å²) >= 11 is 1.64. The molecule has 172 valence electrons. The minimum Gasteiger partial charge on any atom is -0.326 e. The van der Waals surface area contributed by atoms with Gasteiger partial charge >= 0.3 is 0 Å². The largest absolute Gasteiger partial charge is 0.326 e. The summed E-state index contributed by atoms with van der Waals surface area (Å²) in [4.78, 5) is 27.4. The molecule has 1 aliphatic rings. The molecule has 4 nitrogen and oxygen atoms in total. The van der Waals surface area contributed by atoms with Gasteiger partial charge in [-0.3, -0.25) is 14.5 Å². The topological polar surface area (TPSA) is 49.4 Å². The lowest BCUT2D eigenvalue weighted by Crippen LogP contribution is -2.28. The molecule has 0 radical (unpaired) electrons. The van der Waals surface area contributed by atoms with Gasteiger partial charge < -0.3 is 5.32 Å². The van der Waals surface area contributed by atoms with Gasteiger partial charge in [0.2, 0.25) is 11.8 Å². The van der Waals surface area contributed by atoms with E-state index in [2.05, 4.69) is 46.0 Å². The fourth-order valence-corrected chi connectivity index (χ4v) is 5.73. The van der Waals surface area contributed by atoms with Crippen LogP contribution in [-0.4, -0.2) is 17.6 Å². The number of hydrogen-bond acceptors (Lipinski definition) is 3. The number of rotatable bonds is 8. The van der Waals surface area contributed by atoms with Crippen LogP contribution in [0.25, 0.3) is 0 Å². The molecule has 2 amide bonds. The Labute approximate surface area is 197 Å². The number of hydrogen-bond donors (Lipinski definition) is 1. The zero-order valence-electron chi connectivity index (χ0n) is 20.0. The van der Waals surface area contributed by atoms with Crippen molar-refractivity contribution >= 4 is 35.0 Å². The minimum absolute atomic E-state index is 0.0409. The number of nitrogens with one attached hydrogen (secondary N) is 1. The average molecular weight is 453 g/mol. The molecular formula is C27H36N2O2S. The maximum Gasteiger partial charge on any atom is 0.238 e. The molecule has 2 aromatic rings. The number of thioether (sulfide) groups is 1. The normalized spacial score (nSPS) is 17.5. The van der Waals surface area contributed by atoms with Crippen LogP contribution in [0.1, 0.15) is 70.4 Å². The Morgan fingerprint density at radius 3 is 2.66 bits per heavy atom. The van der Waals surface area contributed by atoms with Gasteiger partial charge in [0.05, 0.1) is 5.75 Å². The zero-order chi connectivity index (χ0) is 23.3. The number of carbonyl (C=O) groups excluding carboxylic acids is 2. The van der Waals surface area contributed by atoms with Crippen LogP contribution in [0.4, 0.5) is 11.4 Å². The van der Waals surface area contributed by atoms with Gasteiger partial charge in [0, 0.05) is 17.8 Å². The number of amides is 2. The molecular weight excluding hydrogens is 416 g/mol. The van der Waals surface area contributed by atoms with Gasteiger partial charge in [-0.1, -0.05) is 71.4 Å². The van der Waals surface area contributed by atoms with Gasteiger partial charge in [-0.25, -0.2) is 0 Å². The summed E-state index contributed by atoms with van der Waals surface area (Å²) in [6.07, 6.45) is 3.49. The molecule has 0 unspecified atom stereocenters. The SMILES string of the molecule is CCCc1ccccc1N1C(=O)CS[C@@H]1c1cccc(NC(=O)C[C@@H](C)CC(C)(C)C)c1. The summed E-state index contributed by atoms with van der Waals surface area (Å²) in [6.45, 7) is 10.9. The number of carbonyl (C=O) groups is 2. The monoisotopic (exact) mass is 452 g/mol. The summed E-state index contributed by atoms with van der Waals surface area (Å²) in [5.41, 5.74) is 4.24. The summed E-state index contributed by atoms with van der Waals surface area (Å²) in [5, 5.41) is 2.98. The van der Waals surface area contributed by atoms with Gasteiger partial charge in [0.15, 0.2) is 0 Å². The van der Waals surface area contributed by atoms with Crippen molar-refractivity contribution in [3.8, 4) is 0 Å². The molecule has 1 aliphatic heterocycles. The molecule has 2 atom stereocenters. The van der Waals surface area contributed by atoms with Crippen LogP contribution < -0.4 is 10.2 Å². The molecule has 0 aliphatic carbocycles. The van der Waals surface area contributed by atoms with Crippen molar-refractivity contribution in [2.24, 2.45) is 11.3 Å². The van der Waals surface area contributed by atoms with Crippen molar-refractivity contribution in [2.75, 3.05) is 16.0 Å². The van der Waals surface area contributed by atoms with Crippen molar-refractivity contribution in [1.29, 1.82) is 0 Å². The second-order valence-corrected chi connectivity index (χ2v) is 11.1. The second kappa shape index (κ2) is 10.6. The third-order valence-corrected chi connectivity index (χ3v) is 6.80. The predicted octanol–water partition coefficient (Wildman–Crippen LogP) is 6.82. The smallest absolute Gasteiger partial charge is 0.238 e. The van der Waals surface area contributed by atoms with Gasteiger partial charge in [0.25, 0.3) is 0 Å². The van der Waals surface area contributed by atoms with E-state index in [4.69, 9.17) is 0 Å². The third kappa shape index (κ3) is 6.38. The highest BCUT2D eigenvalue weighted by Crippen LogP contribution is 2.43. The number of anilines is 2. The fraction of sp³-hybridized carbons (Fsp3) is 0.481. The van der Waals surface area contributed by atoms with Crippen LogP contribution in [0.2, 0.25) is 0 Å². The summed E-state index contributed by atoms with van der Waals surface area (Å²) in [5.74, 6) is 0.964. The first-order chi connectivity index (χ1) is 15.2. The van der Waals surface area contributed by atoms with E-state index in [1.54, 1.807) is 11.8 Å². The third-order valence-electron chi connectivity index (χ3n) is 5.59. The molecule has 0 aromatic heterocycles. The lowest BCUT2D eigenvalue weighted by atomic mass is 9.84. The predicted molar refractivity (Wildman–Crippen MR) is 136 cm³/mol. The first-order valence-corrected chi connectivity index (χ1v) is 12.6. The van der Waals surface area contributed by atoms with Crippen LogP contribution in [-0.2, 0) is 16.0 Å². The van der Waals surface area contributed by atoms with E-state index in [0.717, 1.165) is 36.2 Å². The lowest BCUT2D eigenvalue weighted by Gasteiger charge is -2.27. The van der Waals surface area contributed by atoms with Crippen molar-refractivity contribution in [1.82, 2.24) is 0 Å². The highest BCUT2D eigenvalue weighted by Gasteiger charge is 2.35. The van der Waals surface area contributed by atoms with E-state index in [-0.39, 0.29) is 22.6 Å². The summed E-state index contributed by atoms with van der Waals surface area (Å²) < 4.78 is 0. The molecule has 1 heterocycles. The van der Waals surface area contributed by atoms with Crippen LogP contribution >= 0.6 is 11.8 Å². The van der Waals surface area contributed by atoms with Gasteiger partial charge in [-0.05, 0) is 53.5 Å². The Kier molecular flexibility index (Phi) is 8.05. The van der Waals surface area contributed by atoms with Gasteiger partial charge in [0.1, 0.15) is 5.37 Å². The van der Waals surface area contributed by atoms with Crippen molar-refractivity contribution in [3.05, 3.63) is 59.7 Å². The highest BCUT2D eigenvalue weighted by atomic mass is 32.2. The van der Waals surface area contributed by atoms with E-state index in [0.29, 0.717) is 18.1 Å². The number of nitrogens with zero attached hydrogens (tertiary/aromatic N) is 1. The molecule has 3 rings (SSSR count). The number of para-hydroxylation sites is 1. The molecule has 1 saturated heterocycles. The second-order valence-electron chi connectivity index (χ2n) is 10.1. The van der Waals surface area contributed by atoms with Gasteiger partial charge in [-0.2, -0.15) is 0 Å². The molecule has 5 heteroatoms. The number of benzene rings is 2. The Morgan fingerprint density at radius 1 is 1.19 bits per heavy atom. The van der Waals surface area contributed by atoms with Crippen molar-refractivity contribution in [3.63, 3.8) is 0 Å². The Morgan fingerprint density at radius 2 is 1.94 bits per heavy atom. The maximum atomic E-state index is 12.8. The zero-order valence-corrected chi connectivity index (χ0v) is 20.8. The molecule has 0 spiro atoms. The Bertz CT molecular complexity index is 951. The molecule has 0 bridgehead atoms. The van der Waals surface area contributed by atoms with E-state index in [1.165, 1.54) is 5.56 Å². The van der Waals surface area contributed by atoms with Gasteiger partial charge in [-0.15, -0.1) is 11.8 Å². The molecule has 0 saturated carbocycles. The number of aryl methyl sites for hydroxylation is 1. The van der Waals surface area contributed by atoms with Crippen LogP contribution in [0.3, 0.4) is 0 Å². The van der Waals surface area contributed by atoms with Crippen LogP contribution in [0.5, 0.6) is 0 Å². The Balaban J connectivity index is 1.77. The highest BCUT2D eigenvalue weighted by molar-refractivity contribution is 8.00. The molecule has 2 aromatic carbocycles. The molecule has 1 N–H and O–H groups in total. The fourth-order valence-electron chi connectivity index (χ4n) is 4.57.